The number of amides is 4. The highest BCUT2D eigenvalue weighted by molar-refractivity contribution is 6.36. The third kappa shape index (κ3) is 3.73. The summed E-state index contributed by atoms with van der Waals surface area (Å²) in [6.07, 6.45) is 7.14. The molecular formula is C29H20N2O5. The van der Waals surface area contributed by atoms with Gasteiger partial charge in [0.2, 0.25) is 0 Å². The number of nitrogens with zero attached hydrogens (tertiary/aromatic N) is 2. The lowest BCUT2D eigenvalue weighted by Crippen LogP contribution is -2.31. The van der Waals surface area contributed by atoms with Gasteiger partial charge in [-0.2, -0.15) is 0 Å². The minimum atomic E-state index is -0.532. The Morgan fingerprint density at radius 1 is 0.694 bits per heavy atom. The summed E-state index contributed by atoms with van der Waals surface area (Å²) in [6.45, 7) is 5.71. The average molecular weight is 476 g/mol. The zero-order chi connectivity index (χ0) is 25.4. The molecule has 7 heteroatoms. The summed E-state index contributed by atoms with van der Waals surface area (Å²) in [7, 11) is 0. The van der Waals surface area contributed by atoms with Gasteiger partial charge in [0.25, 0.3) is 23.6 Å². The van der Waals surface area contributed by atoms with Crippen LogP contribution in [0.2, 0.25) is 0 Å². The number of fused-ring (bicyclic) bond motifs is 2. The maximum Gasteiger partial charge on any atom is 0.266 e. The first kappa shape index (κ1) is 22.7. The third-order valence-corrected chi connectivity index (χ3v) is 5.83. The van der Waals surface area contributed by atoms with Gasteiger partial charge in [0.15, 0.2) is 0 Å². The molecule has 2 aliphatic heterocycles. The van der Waals surface area contributed by atoms with Crippen LogP contribution in [0.4, 0.5) is 11.4 Å². The first-order valence-corrected chi connectivity index (χ1v) is 11.2. The number of hydrogen-bond donors (Lipinski definition) is 0. The fraction of sp³-hybridized carbons (Fsp3) is 0.0345. The van der Waals surface area contributed by atoms with Crippen molar-refractivity contribution in [3.05, 3.63) is 126 Å². The van der Waals surface area contributed by atoms with Crippen molar-refractivity contribution in [2.75, 3.05) is 9.80 Å². The summed E-state index contributed by atoms with van der Waals surface area (Å²) in [5.41, 5.74) is 1.55. The van der Waals surface area contributed by atoms with E-state index in [-0.39, 0.29) is 22.5 Å². The molecule has 2 aliphatic rings. The predicted molar refractivity (Wildman–Crippen MR) is 135 cm³/mol. The van der Waals surface area contributed by atoms with Crippen molar-refractivity contribution in [2.45, 2.75) is 6.92 Å². The molecule has 3 aromatic rings. The van der Waals surface area contributed by atoms with Gasteiger partial charge < -0.3 is 4.74 Å². The molecule has 2 heterocycles. The second kappa shape index (κ2) is 8.96. The van der Waals surface area contributed by atoms with E-state index in [9.17, 15) is 19.2 Å². The molecule has 0 atom stereocenters. The minimum absolute atomic E-state index is 0.189. The molecule has 0 unspecified atom stereocenters. The molecular weight excluding hydrogens is 456 g/mol. The lowest BCUT2D eigenvalue weighted by molar-refractivity contribution is 0.0912. The van der Waals surface area contributed by atoms with Crippen molar-refractivity contribution in [3.8, 4) is 5.75 Å². The maximum atomic E-state index is 13.3. The molecule has 0 N–H and O–H groups in total. The van der Waals surface area contributed by atoms with Gasteiger partial charge in [-0.25, -0.2) is 9.80 Å². The van der Waals surface area contributed by atoms with E-state index in [1.807, 2.05) is 19.1 Å². The summed E-state index contributed by atoms with van der Waals surface area (Å²) < 4.78 is 5.67. The molecule has 0 fully saturated rings. The Kier molecular flexibility index (Phi) is 5.66. The second-order valence-electron chi connectivity index (χ2n) is 8.12. The molecule has 0 spiro atoms. The van der Waals surface area contributed by atoms with Gasteiger partial charge in [0, 0.05) is 0 Å². The van der Waals surface area contributed by atoms with Gasteiger partial charge in [-0.05, 0) is 61.5 Å². The molecule has 0 saturated carbocycles. The Bertz CT molecular complexity index is 1500. The standard InChI is InChI=1S/C29H20N2O5/c1-3-4-5-9-18(2)36-21-14-15-24-25(17-21)29(35)31(28(24)34)20-11-8-10-19(16-20)30-26(32)22-12-6-7-13-23(22)27(30)33/h3-17H,2H2,1H3/b4-3-,9-5-. The Morgan fingerprint density at radius 3 is 1.83 bits per heavy atom. The molecule has 3 aromatic carbocycles. The fourth-order valence-electron chi connectivity index (χ4n) is 4.17. The number of carbonyl (C=O) groups is 4. The van der Waals surface area contributed by atoms with E-state index in [1.54, 1.807) is 60.7 Å². The van der Waals surface area contributed by atoms with Crippen LogP contribution in [0, 0.1) is 0 Å². The van der Waals surface area contributed by atoms with E-state index in [0.717, 1.165) is 9.80 Å². The normalized spacial score (nSPS) is 14.8. The number of hydrogen-bond acceptors (Lipinski definition) is 5. The molecule has 176 valence electrons. The third-order valence-electron chi connectivity index (χ3n) is 5.83. The van der Waals surface area contributed by atoms with Crippen LogP contribution in [0.25, 0.3) is 0 Å². The molecule has 4 amide bonds. The summed E-state index contributed by atoms with van der Waals surface area (Å²) in [6, 6.07) is 17.4. The predicted octanol–water partition coefficient (Wildman–Crippen LogP) is 5.31. The highest BCUT2D eigenvalue weighted by Gasteiger charge is 2.39. The van der Waals surface area contributed by atoms with E-state index in [1.165, 1.54) is 18.2 Å². The first-order chi connectivity index (χ1) is 17.4. The van der Waals surface area contributed by atoms with Crippen molar-refractivity contribution >= 4 is 35.0 Å². The molecule has 36 heavy (non-hydrogen) atoms. The number of imide groups is 2. The number of rotatable bonds is 6. The Balaban J connectivity index is 1.43. The zero-order valence-corrected chi connectivity index (χ0v) is 19.3. The van der Waals surface area contributed by atoms with Crippen LogP contribution in [-0.2, 0) is 0 Å². The lowest BCUT2D eigenvalue weighted by atomic mass is 10.1. The van der Waals surface area contributed by atoms with Crippen LogP contribution in [0.3, 0.4) is 0 Å². The molecule has 0 aliphatic carbocycles. The van der Waals surface area contributed by atoms with Crippen molar-refractivity contribution < 1.29 is 23.9 Å². The smallest absolute Gasteiger partial charge is 0.266 e. The summed E-state index contributed by atoms with van der Waals surface area (Å²) in [5.74, 6) is -1.22. The van der Waals surface area contributed by atoms with Crippen LogP contribution in [-0.4, -0.2) is 23.6 Å². The molecule has 0 bridgehead atoms. The van der Waals surface area contributed by atoms with Crippen molar-refractivity contribution in [2.24, 2.45) is 0 Å². The monoisotopic (exact) mass is 476 g/mol. The summed E-state index contributed by atoms with van der Waals surface area (Å²) in [5, 5.41) is 0. The van der Waals surface area contributed by atoms with Gasteiger partial charge in [0.1, 0.15) is 11.5 Å². The van der Waals surface area contributed by atoms with E-state index < -0.39 is 23.6 Å². The number of anilines is 2. The van der Waals surface area contributed by atoms with Gasteiger partial charge in [0.05, 0.1) is 33.6 Å². The molecule has 7 nitrogen and oxygen atoms in total. The zero-order valence-electron chi connectivity index (χ0n) is 19.3. The summed E-state index contributed by atoms with van der Waals surface area (Å²) >= 11 is 0. The van der Waals surface area contributed by atoms with Gasteiger partial charge in [-0.1, -0.05) is 43.0 Å². The highest BCUT2D eigenvalue weighted by atomic mass is 16.5. The first-order valence-electron chi connectivity index (χ1n) is 11.2. The largest absolute Gasteiger partial charge is 0.458 e. The van der Waals surface area contributed by atoms with Gasteiger partial charge in [-0.15, -0.1) is 0 Å². The van der Waals surface area contributed by atoms with Crippen molar-refractivity contribution in [1.29, 1.82) is 0 Å². The molecule has 0 radical (unpaired) electrons. The van der Waals surface area contributed by atoms with Gasteiger partial charge >= 0.3 is 0 Å². The van der Waals surface area contributed by atoms with Crippen LogP contribution < -0.4 is 14.5 Å². The van der Waals surface area contributed by atoms with E-state index in [0.29, 0.717) is 22.6 Å². The minimum Gasteiger partial charge on any atom is -0.458 e. The average Bonchev–Trinajstić information content (AvgIpc) is 3.28. The van der Waals surface area contributed by atoms with E-state index in [2.05, 4.69) is 6.58 Å². The lowest BCUT2D eigenvalue weighted by Gasteiger charge is -2.18. The maximum absolute atomic E-state index is 13.3. The second-order valence-corrected chi connectivity index (χ2v) is 8.12. The topological polar surface area (TPSA) is 84.0 Å². The van der Waals surface area contributed by atoms with E-state index >= 15 is 0 Å². The Morgan fingerprint density at radius 2 is 1.25 bits per heavy atom. The van der Waals surface area contributed by atoms with E-state index in [4.69, 9.17) is 4.74 Å². The highest BCUT2D eigenvalue weighted by Crippen LogP contribution is 2.35. The van der Waals surface area contributed by atoms with Crippen LogP contribution in [0.15, 0.2) is 103 Å². The number of allylic oxidation sites excluding steroid dienone is 4. The van der Waals surface area contributed by atoms with Crippen molar-refractivity contribution in [1.82, 2.24) is 0 Å². The van der Waals surface area contributed by atoms with Crippen molar-refractivity contribution in [3.63, 3.8) is 0 Å². The van der Waals surface area contributed by atoms with Crippen LogP contribution in [0.1, 0.15) is 48.4 Å². The van der Waals surface area contributed by atoms with Gasteiger partial charge in [-0.3, -0.25) is 19.2 Å². The van der Waals surface area contributed by atoms with Crippen LogP contribution in [0.5, 0.6) is 5.75 Å². The number of ether oxygens (including phenoxy) is 1. The Hall–Kier alpha value is -5.04. The van der Waals surface area contributed by atoms with Crippen LogP contribution >= 0.6 is 0 Å². The Labute approximate surface area is 207 Å². The SMILES string of the molecule is C=C(/C=C\C=C/C)Oc1ccc2c(c1)C(=O)N(c1cccc(N3C(=O)c4ccccc4C3=O)c1)C2=O. The molecule has 5 rings (SSSR count). The number of carbonyl (C=O) groups excluding carboxylic acids is 4. The number of benzene rings is 3. The summed E-state index contributed by atoms with van der Waals surface area (Å²) in [4.78, 5) is 54.2. The quantitative estimate of drug-likeness (QED) is 0.273. The molecule has 0 aromatic heterocycles. The fourth-order valence-corrected chi connectivity index (χ4v) is 4.17. The molecule has 0 saturated heterocycles.